The number of aliphatic hydroxyl groups is 1. The Bertz CT molecular complexity index is 333. The molecule has 1 aromatic carbocycles. The van der Waals surface area contributed by atoms with Crippen LogP contribution in [-0.4, -0.2) is 31.5 Å². The van der Waals surface area contributed by atoms with E-state index >= 15 is 0 Å². The number of aliphatic hydroxyl groups excluding tert-OH is 1. The Morgan fingerprint density at radius 1 is 1.35 bits per heavy atom. The lowest BCUT2D eigenvalue weighted by Gasteiger charge is -2.15. The van der Waals surface area contributed by atoms with Gasteiger partial charge in [-0.05, 0) is 29.9 Å². The molecule has 1 saturated carbocycles. The summed E-state index contributed by atoms with van der Waals surface area (Å²) in [5.74, 6) is 0.815. The molecule has 1 unspecified atom stereocenters. The average Bonchev–Trinajstić information content (AvgIpc) is 3.19. The summed E-state index contributed by atoms with van der Waals surface area (Å²) in [6.45, 7) is 1.42. The first-order valence-corrected chi connectivity index (χ1v) is 6.25. The van der Waals surface area contributed by atoms with Crippen molar-refractivity contribution in [3.8, 4) is 0 Å². The molecule has 1 fully saturated rings. The van der Waals surface area contributed by atoms with Crippen LogP contribution in [0.1, 0.15) is 29.9 Å². The average molecular weight is 235 g/mol. The molecule has 0 spiro atoms. The zero-order valence-corrected chi connectivity index (χ0v) is 10.4. The third kappa shape index (κ3) is 3.80. The SMILES string of the molecule is COCC(CO)NCc1ccc(C2CC2)cc1. The van der Waals surface area contributed by atoms with Crippen molar-refractivity contribution in [1.29, 1.82) is 0 Å². The van der Waals surface area contributed by atoms with Gasteiger partial charge in [0.25, 0.3) is 0 Å². The van der Waals surface area contributed by atoms with Crippen LogP contribution in [0.3, 0.4) is 0 Å². The van der Waals surface area contributed by atoms with E-state index in [0.29, 0.717) is 6.61 Å². The first-order chi connectivity index (χ1) is 8.33. The minimum atomic E-state index is 0.0168. The molecule has 0 saturated heterocycles. The minimum Gasteiger partial charge on any atom is -0.395 e. The second-order valence-electron chi connectivity index (χ2n) is 4.73. The molecule has 0 bridgehead atoms. The van der Waals surface area contributed by atoms with Gasteiger partial charge in [0, 0.05) is 13.7 Å². The highest BCUT2D eigenvalue weighted by molar-refractivity contribution is 5.27. The quantitative estimate of drug-likeness (QED) is 0.755. The van der Waals surface area contributed by atoms with Gasteiger partial charge in [-0.3, -0.25) is 0 Å². The molecule has 1 aromatic rings. The standard InChI is InChI=1S/C14H21NO2/c1-17-10-14(9-16)15-8-11-2-4-12(5-3-11)13-6-7-13/h2-5,13-16H,6-10H2,1H3. The summed E-state index contributed by atoms with van der Waals surface area (Å²) in [5.41, 5.74) is 2.72. The zero-order chi connectivity index (χ0) is 12.1. The highest BCUT2D eigenvalue weighted by atomic mass is 16.5. The van der Waals surface area contributed by atoms with Crippen LogP contribution in [0.5, 0.6) is 0 Å². The van der Waals surface area contributed by atoms with Crippen molar-refractivity contribution < 1.29 is 9.84 Å². The highest BCUT2D eigenvalue weighted by Crippen LogP contribution is 2.39. The van der Waals surface area contributed by atoms with E-state index in [0.717, 1.165) is 12.5 Å². The highest BCUT2D eigenvalue weighted by Gasteiger charge is 2.22. The molecule has 3 nitrogen and oxygen atoms in total. The molecule has 0 heterocycles. The van der Waals surface area contributed by atoms with Crippen molar-refractivity contribution in [3.63, 3.8) is 0 Å². The third-order valence-corrected chi connectivity index (χ3v) is 3.21. The van der Waals surface area contributed by atoms with Gasteiger partial charge in [0.05, 0.1) is 19.3 Å². The van der Waals surface area contributed by atoms with Gasteiger partial charge in [0.15, 0.2) is 0 Å². The smallest absolute Gasteiger partial charge is 0.0638 e. The van der Waals surface area contributed by atoms with Crippen molar-refractivity contribution in [3.05, 3.63) is 35.4 Å². The number of hydrogen-bond donors (Lipinski definition) is 2. The van der Waals surface area contributed by atoms with Gasteiger partial charge < -0.3 is 15.2 Å². The number of benzene rings is 1. The maximum Gasteiger partial charge on any atom is 0.0638 e. The van der Waals surface area contributed by atoms with Crippen LogP contribution in [0, 0.1) is 0 Å². The summed E-state index contributed by atoms with van der Waals surface area (Å²) < 4.78 is 5.02. The van der Waals surface area contributed by atoms with Crippen molar-refractivity contribution in [2.24, 2.45) is 0 Å². The second-order valence-corrected chi connectivity index (χ2v) is 4.73. The second kappa shape index (κ2) is 6.15. The number of rotatable bonds is 7. The Labute approximate surface area is 103 Å². The summed E-state index contributed by atoms with van der Waals surface area (Å²) in [6, 6.07) is 8.80. The van der Waals surface area contributed by atoms with E-state index in [2.05, 4.69) is 29.6 Å². The molecule has 1 aliphatic carbocycles. The Morgan fingerprint density at radius 2 is 2.06 bits per heavy atom. The van der Waals surface area contributed by atoms with E-state index in [9.17, 15) is 0 Å². The van der Waals surface area contributed by atoms with Crippen LogP contribution in [0.25, 0.3) is 0 Å². The Morgan fingerprint density at radius 3 is 2.59 bits per heavy atom. The first-order valence-electron chi connectivity index (χ1n) is 6.25. The van der Waals surface area contributed by atoms with Crippen LogP contribution in [0.15, 0.2) is 24.3 Å². The van der Waals surface area contributed by atoms with Gasteiger partial charge in [0.1, 0.15) is 0 Å². The van der Waals surface area contributed by atoms with Gasteiger partial charge in [-0.25, -0.2) is 0 Å². The van der Waals surface area contributed by atoms with Crippen LogP contribution < -0.4 is 5.32 Å². The van der Waals surface area contributed by atoms with Crippen LogP contribution >= 0.6 is 0 Å². The normalized spacial score (nSPS) is 17.1. The van der Waals surface area contributed by atoms with Crippen molar-refractivity contribution in [2.75, 3.05) is 20.3 Å². The molecule has 1 atom stereocenters. The molecule has 94 valence electrons. The first kappa shape index (κ1) is 12.6. The molecular weight excluding hydrogens is 214 g/mol. The molecule has 0 aliphatic heterocycles. The lowest BCUT2D eigenvalue weighted by molar-refractivity contribution is 0.128. The molecule has 2 N–H and O–H groups in total. The molecule has 0 amide bonds. The van der Waals surface area contributed by atoms with Gasteiger partial charge >= 0.3 is 0 Å². The van der Waals surface area contributed by atoms with Crippen molar-refractivity contribution in [2.45, 2.75) is 31.3 Å². The fourth-order valence-electron chi connectivity index (χ4n) is 1.96. The fourth-order valence-corrected chi connectivity index (χ4v) is 1.96. The van der Waals surface area contributed by atoms with Crippen molar-refractivity contribution in [1.82, 2.24) is 5.32 Å². The molecular formula is C14H21NO2. The van der Waals surface area contributed by atoms with Gasteiger partial charge in [0.2, 0.25) is 0 Å². The van der Waals surface area contributed by atoms with E-state index in [1.54, 1.807) is 7.11 Å². The predicted molar refractivity (Wildman–Crippen MR) is 68.0 cm³/mol. The Hall–Kier alpha value is -0.900. The summed E-state index contributed by atoms with van der Waals surface area (Å²) in [6.07, 6.45) is 2.69. The van der Waals surface area contributed by atoms with Crippen LogP contribution in [0.4, 0.5) is 0 Å². The monoisotopic (exact) mass is 235 g/mol. The number of hydrogen-bond acceptors (Lipinski definition) is 3. The van der Waals surface area contributed by atoms with E-state index in [1.807, 2.05) is 0 Å². The number of ether oxygens (including phenoxy) is 1. The maximum absolute atomic E-state index is 9.12. The molecule has 3 heteroatoms. The van der Waals surface area contributed by atoms with E-state index in [1.165, 1.54) is 24.0 Å². The summed E-state index contributed by atoms with van der Waals surface area (Å²) >= 11 is 0. The minimum absolute atomic E-state index is 0.0168. The van der Waals surface area contributed by atoms with Crippen molar-refractivity contribution >= 4 is 0 Å². The predicted octanol–water partition coefficient (Wildman–Crippen LogP) is 1.66. The summed E-state index contributed by atoms with van der Waals surface area (Å²) in [5, 5.41) is 12.4. The van der Waals surface area contributed by atoms with Crippen LogP contribution in [0.2, 0.25) is 0 Å². The van der Waals surface area contributed by atoms with E-state index in [-0.39, 0.29) is 12.6 Å². The number of nitrogens with one attached hydrogen (secondary N) is 1. The molecule has 1 aliphatic rings. The van der Waals surface area contributed by atoms with Gasteiger partial charge in [-0.2, -0.15) is 0 Å². The molecule has 2 rings (SSSR count). The molecule has 0 radical (unpaired) electrons. The summed E-state index contributed by atoms with van der Waals surface area (Å²) in [7, 11) is 1.65. The third-order valence-electron chi connectivity index (χ3n) is 3.21. The van der Waals surface area contributed by atoms with Crippen LogP contribution in [-0.2, 0) is 11.3 Å². The fraction of sp³-hybridized carbons (Fsp3) is 0.571. The van der Waals surface area contributed by atoms with Gasteiger partial charge in [-0.1, -0.05) is 24.3 Å². The molecule has 0 aromatic heterocycles. The Balaban J connectivity index is 1.81. The lowest BCUT2D eigenvalue weighted by atomic mass is 10.1. The summed E-state index contributed by atoms with van der Waals surface area (Å²) in [4.78, 5) is 0. The van der Waals surface area contributed by atoms with E-state index in [4.69, 9.17) is 9.84 Å². The molecule has 17 heavy (non-hydrogen) atoms. The Kier molecular flexibility index (Phi) is 4.54. The number of methoxy groups -OCH3 is 1. The topological polar surface area (TPSA) is 41.5 Å². The zero-order valence-electron chi connectivity index (χ0n) is 10.4. The van der Waals surface area contributed by atoms with Gasteiger partial charge in [-0.15, -0.1) is 0 Å². The maximum atomic E-state index is 9.12. The largest absolute Gasteiger partial charge is 0.395 e. The lowest BCUT2D eigenvalue weighted by Crippen LogP contribution is -2.35. The van der Waals surface area contributed by atoms with E-state index < -0.39 is 0 Å².